The minimum atomic E-state index is -0.923. The molecule has 1 aromatic heterocycles. The number of hydrogen-bond donors (Lipinski definition) is 1. The molecule has 0 bridgehead atoms. The van der Waals surface area contributed by atoms with Crippen molar-refractivity contribution in [1.29, 1.82) is 0 Å². The van der Waals surface area contributed by atoms with Gasteiger partial charge in [-0.25, -0.2) is 13.8 Å². The number of rotatable bonds is 2. The van der Waals surface area contributed by atoms with E-state index in [1.54, 1.807) is 6.07 Å². The van der Waals surface area contributed by atoms with E-state index in [1.165, 1.54) is 6.07 Å². The van der Waals surface area contributed by atoms with Crippen molar-refractivity contribution in [2.75, 3.05) is 5.32 Å². The SMILES string of the molecule is Cc1ccc(Cl)c2sc(NC(=O)c3c(F)cccc3F)nc12. The molecule has 112 valence electrons. The molecule has 3 rings (SSSR count). The van der Waals surface area contributed by atoms with Crippen molar-refractivity contribution >= 4 is 44.2 Å². The Balaban J connectivity index is 1.98. The van der Waals surface area contributed by atoms with Gasteiger partial charge in [0, 0.05) is 0 Å². The average molecular weight is 339 g/mol. The number of thiazole rings is 1. The molecule has 0 atom stereocenters. The second kappa shape index (κ2) is 5.62. The first-order valence-electron chi connectivity index (χ1n) is 6.28. The Morgan fingerprint density at radius 2 is 1.91 bits per heavy atom. The third-order valence-corrected chi connectivity index (χ3v) is 4.54. The van der Waals surface area contributed by atoms with Crippen molar-refractivity contribution in [3.8, 4) is 0 Å². The van der Waals surface area contributed by atoms with Gasteiger partial charge in [-0.1, -0.05) is 35.1 Å². The molecule has 3 aromatic rings. The van der Waals surface area contributed by atoms with E-state index < -0.39 is 23.1 Å². The number of carbonyl (C=O) groups excluding carboxylic acids is 1. The number of amides is 1. The maximum atomic E-state index is 13.6. The van der Waals surface area contributed by atoms with Gasteiger partial charge in [0.15, 0.2) is 5.13 Å². The van der Waals surface area contributed by atoms with Crippen molar-refractivity contribution in [1.82, 2.24) is 4.98 Å². The van der Waals surface area contributed by atoms with E-state index in [4.69, 9.17) is 11.6 Å². The van der Waals surface area contributed by atoms with E-state index in [2.05, 4.69) is 10.3 Å². The smallest absolute Gasteiger partial charge is 0.263 e. The number of nitrogens with zero attached hydrogens (tertiary/aromatic N) is 1. The zero-order valence-electron chi connectivity index (χ0n) is 11.3. The number of carbonyl (C=O) groups is 1. The van der Waals surface area contributed by atoms with Crippen molar-refractivity contribution in [2.24, 2.45) is 0 Å². The highest BCUT2D eigenvalue weighted by Crippen LogP contribution is 2.34. The fourth-order valence-electron chi connectivity index (χ4n) is 2.03. The number of aromatic nitrogens is 1. The molecule has 0 radical (unpaired) electrons. The number of halogens is 3. The summed E-state index contributed by atoms with van der Waals surface area (Å²) in [6, 6.07) is 6.79. The number of anilines is 1. The summed E-state index contributed by atoms with van der Waals surface area (Å²) in [7, 11) is 0. The molecule has 1 heterocycles. The molecule has 0 unspecified atom stereocenters. The minimum Gasteiger partial charge on any atom is -0.298 e. The van der Waals surface area contributed by atoms with Gasteiger partial charge >= 0.3 is 0 Å². The molecular formula is C15H9ClF2N2OS. The number of aryl methyl sites for hydroxylation is 1. The van der Waals surface area contributed by atoms with Gasteiger partial charge in [0.25, 0.3) is 5.91 Å². The first kappa shape index (κ1) is 14.9. The lowest BCUT2D eigenvalue weighted by atomic mass is 10.2. The molecule has 3 nitrogen and oxygen atoms in total. The van der Waals surface area contributed by atoms with Crippen LogP contribution in [0, 0.1) is 18.6 Å². The molecule has 0 saturated heterocycles. The molecule has 7 heteroatoms. The Labute approximate surface area is 133 Å². The Kier molecular flexibility index (Phi) is 3.80. The molecule has 2 aromatic carbocycles. The van der Waals surface area contributed by atoms with Crippen LogP contribution < -0.4 is 5.32 Å². The second-order valence-electron chi connectivity index (χ2n) is 4.61. The van der Waals surface area contributed by atoms with Gasteiger partial charge in [0.05, 0.1) is 15.2 Å². The summed E-state index contributed by atoms with van der Waals surface area (Å²) in [5.41, 5.74) is 0.916. The van der Waals surface area contributed by atoms with Gasteiger partial charge in [-0.2, -0.15) is 0 Å². The highest BCUT2D eigenvalue weighted by Gasteiger charge is 2.19. The quantitative estimate of drug-likeness (QED) is 0.730. The minimum absolute atomic E-state index is 0.235. The predicted octanol–water partition coefficient (Wildman–Crippen LogP) is 4.79. The van der Waals surface area contributed by atoms with Crippen LogP contribution in [0.5, 0.6) is 0 Å². The molecule has 0 saturated carbocycles. The van der Waals surface area contributed by atoms with E-state index in [-0.39, 0.29) is 5.13 Å². The Bertz CT molecular complexity index is 835. The molecule has 22 heavy (non-hydrogen) atoms. The van der Waals surface area contributed by atoms with Crippen molar-refractivity contribution < 1.29 is 13.6 Å². The van der Waals surface area contributed by atoms with Crippen LogP contribution >= 0.6 is 22.9 Å². The molecule has 0 aliphatic rings. The normalized spacial score (nSPS) is 10.9. The number of benzene rings is 2. The molecular weight excluding hydrogens is 330 g/mol. The van der Waals surface area contributed by atoms with Crippen LogP contribution in [0.4, 0.5) is 13.9 Å². The summed E-state index contributed by atoms with van der Waals surface area (Å²) in [5.74, 6) is -2.73. The van der Waals surface area contributed by atoms with Crippen LogP contribution in [0.25, 0.3) is 10.2 Å². The number of hydrogen-bond acceptors (Lipinski definition) is 3. The van der Waals surface area contributed by atoms with Gasteiger partial charge in [0.2, 0.25) is 0 Å². The highest BCUT2D eigenvalue weighted by atomic mass is 35.5. The summed E-state index contributed by atoms with van der Waals surface area (Å²) in [6.45, 7) is 1.86. The zero-order chi connectivity index (χ0) is 15.9. The van der Waals surface area contributed by atoms with Crippen LogP contribution in [0.2, 0.25) is 5.02 Å². The number of nitrogens with one attached hydrogen (secondary N) is 1. The molecule has 0 aliphatic heterocycles. The Hall–Kier alpha value is -2.05. The predicted molar refractivity (Wildman–Crippen MR) is 83.7 cm³/mol. The lowest BCUT2D eigenvalue weighted by Gasteiger charge is -2.03. The van der Waals surface area contributed by atoms with Crippen molar-refractivity contribution in [3.63, 3.8) is 0 Å². The third kappa shape index (κ3) is 2.55. The zero-order valence-corrected chi connectivity index (χ0v) is 12.9. The first-order chi connectivity index (χ1) is 10.5. The second-order valence-corrected chi connectivity index (χ2v) is 6.02. The van der Waals surface area contributed by atoms with Crippen LogP contribution in [0.3, 0.4) is 0 Å². The van der Waals surface area contributed by atoms with Crippen LogP contribution in [0.15, 0.2) is 30.3 Å². The molecule has 1 N–H and O–H groups in total. The average Bonchev–Trinajstić information content (AvgIpc) is 2.88. The molecule has 1 amide bonds. The first-order valence-corrected chi connectivity index (χ1v) is 7.48. The van der Waals surface area contributed by atoms with E-state index in [9.17, 15) is 13.6 Å². The standard InChI is InChI=1S/C15H9ClF2N2OS/c1-7-5-6-8(16)13-12(7)19-15(22-13)20-14(21)11-9(17)3-2-4-10(11)18/h2-6H,1H3,(H,19,20,21). The summed E-state index contributed by atoms with van der Waals surface area (Å²) >= 11 is 7.24. The summed E-state index contributed by atoms with van der Waals surface area (Å²) < 4.78 is 27.9. The van der Waals surface area contributed by atoms with Gasteiger partial charge in [-0.15, -0.1) is 0 Å². The molecule has 0 fully saturated rings. The van der Waals surface area contributed by atoms with Gasteiger partial charge < -0.3 is 0 Å². The summed E-state index contributed by atoms with van der Waals surface area (Å²) in [5, 5.41) is 3.16. The molecule has 0 spiro atoms. The monoisotopic (exact) mass is 338 g/mol. The lowest BCUT2D eigenvalue weighted by Crippen LogP contribution is -2.15. The summed E-state index contributed by atoms with van der Waals surface area (Å²) in [4.78, 5) is 16.3. The van der Waals surface area contributed by atoms with Gasteiger partial charge in [-0.3, -0.25) is 10.1 Å². The third-order valence-electron chi connectivity index (χ3n) is 3.11. The van der Waals surface area contributed by atoms with Crippen LogP contribution in [0.1, 0.15) is 15.9 Å². The topological polar surface area (TPSA) is 42.0 Å². The number of fused-ring (bicyclic) bond motifs is 1. The van der Waals surface area contributed by atoms with E-state index >= 15 is 0 Å². The van der Waals surface area contributed by atoms with Crippen molar-refractivity contribution in [3.05, 3.63) is 58.1 Å². The maximum absolute atomic E-state index is 13.6. The van der Waals surface area contributed by atoms with E-state index in [0.29, 0.717) is 15.2 Å². The molecule has 0 aliphatic carbocycles. The largest absolute Gasteiger partial charge is 0.298 e. The summed E-state index contributed by atoms with van der Waals surface area (Å²) in [6.07, 6.45) is 0. The van der Waals surface area contributed by atoms with Gasteiger partial charge in [0.1, 0.15) is 17.2 Å². The highest BCUT2D eigenvalue weighted by molar-refractivity contribution is 7.23. The van der Waals surface area contributed by atoms with Crippen LogP contribution in [-0.2, 0) is 0 Å². The fraction of sp³-hybridized carbons (Fsp3) is 0.0667. The van der Waals surface area contributed by atoms with E-state index in [1.807, 2.05) is 13.0 Å². The van der Waals surface area contributed by atoms with Gasteiger partial charge in [-0.05, 0) is 30.7 Å². The maximum Gasteiger partial charge on any atom is 0.263 e. The Morgan fingerprint density at radius 1 is 1.23 bits per heavy atom. The van der Waals surface area contributed by atoms with E-state index in [0.717, 1.165) is 29.0 Å². The Morgan fingerprint density at radius 3 is 2.55 bits per heavy atom. The van der Waals surface area contributed by atoms with Crippen LogP contribution in [-0.4, -0.2) is 10.9 Å². The van der Waals surface area contributed by atoms with Crippen molar-refractivity contribution in [2.45, 2.75) is 6.92 Å². The fourth-order valence-corrected chi connectivity index (χ4v) is 3.24. The lowest BCUT2D eigenvalue weighted by molar-refractivity contribution is 0.101.